The van der Waals surface area contributed by atoms with Crippen molar-refractivity contribution in [3.05, 3.63) is 100 Å². The summed E-state index contributed by atoms with van der Waals surface area (Å²) in [6.45, 7) is 6.22. The van der Waals surface area contributed by atoms with Crippen molar-refractivity contribution in [3.8, 4) is 22.4 Å². The van der Waals surface area contributed by atoms with Crippen LogP contribution >= 0.6 is 11.3 Å². The first kappa shape index (κ1) is 20.8. The number of aryl methyl sites for hydroxylation is 3. The molecule has 4 heteroatoms. The zero-order valence-electron chi connectivity index (χ0n) is 17.8. The van der Waals surface area contributed by atoms with E-state index in [2.05, 4.69) is 66.6 Å². The van der Waals surface area contributed by atoms with Crippen LogP contribution in [0.25, 0.3) is 28.5 Å². The van der Waals surface area contributed by atoms with Crippen molar-refractivity contribution in [2.75, 3.05) is 5.32 Å². The maximum atomic E-state index is 12.4. The van der Waals surface area contributed by atoms with Gasteiger partial charge in [-0.05, 0) is 60.7 Å². The van der Waals surface area contributed by atoms with E-state index in [4.69, 9.17) is 0 Å². The third-order valence-electron chi connectivity index (χ3n) is 5.25. The van der Waals surface area contributed by atoms with Crippen LogP contribution in [0, 0.1) is 20.8 Å². The molecule has 0 aliphatic heterocycles. The Morgan fingerprint density at radius 3 is 2.23 bits per heavy atom. The molecule has 31 heavy (non-hydrogen) atoms. The lowest BCUT2D eigenvalue weighted by molar-refractivity contribution is -0.111. The van der Waals surface area contributed by atoms with Crippen LogP contribution in [0.1, 0.15) is 21.6 Å². The van der Waals surface area contributed by atoms with Crippen LogP contribution in [0.5, 0.6) is 0 Å². The van der Waals surface area contributed by atoms with Gasteiger partial charge < -0.3 is 0 Å². The number of aromatic nitrogens is 1. The summed E-state index contributed by atoms with van der Waals surface area (Å²) in [5.74, 6) is -0.187. The summed E-state index contributed by atoms with van der Waals surface area (Å²) in [5, 5.41) is 3.50. The van der Waals surface area contributed by atoms with E-state index in [9.17, 15) is 4.79 Å². The molecule has 154 valence electrons. The van der Waals surface area contributed by atoms with Gasteiger partial charge in [0, 0.05) is 16.5 Å². The van der Waals surface area contributed by atoms with Crippen LogP contribution in [0.4, 0.5) is 5.13 Å². The van der Waals surface area contributed by atoms with Crippen molar-refractivity contribution in [2.45, 2.75) is 20.8 Å². The van der Waals surface area contributed by atoms with E-state index in [1.165, 1.54) is 28.0 Å². The number of thiazole rings is 1. The van der Waals surface area contributed by atoms with Crippen LogP contribution in [0.15, 0.2) is 78.9 Å². The molecule has 0 fully saturated rings. The van der Waals surface area contributed by atoms with Gasteiger partial charge in [0.2, 0.25) is 5.91 Å². The topological polar surface area (TPSA) is 42.0 Å². The van der Waals surface area contributed by atoms with E-state index in [-0.39, 0.29) is 5.91 Å². The normalized spacial score (nSPS) is 11.1. The Morgan fingerprint density at radius 2 is 1.52 bits per heavy atom. The Morgan fingerprint density at radius 1 is 0.839 bits per heavy atom. The van der Waals surface area contributed by atoms with Crippen LogP contribution in [-0.2, 0) is 4.79 Å². The molecule has 4 aromatic rings. The number of nitrogens with zero attached hydrogens (tertiary/aromatic N) is 1. The first-order valence-corrected chi connectivity index (χ1v) is 11.0. The fourth-order valence-corrected chi connectivity index (χ4v) is 4.18. The maximum absolute atomic E-state index is 12.4. The highest BCUT2D eigenvalue weighted by molar-refractivity contribution is 7.16. The van der Waals surface area contributed by atoms with Crippen molar-refractivity contribution in [1.82, 2.24) is 4.98 Å². The zero-order chi connectivity index (χ0) is 21.8. The average Bonchev–Trinajstić information content (AvgIpc) is 3.15. The zero-order valence-corrected chi connectivity index (χ0v) is 18.7. The number of rotatable bonds is 5. The second-order valence-corrected chi connectivity index (χ2v) is 8.74. The summed E-state index contributed by atoms with van der Waals surface area (Å²) in [7, 11) is 0. The van der Waals surface area contributed by atoms with E-state index in [0.717, 1.165) is 27.3 Å². The van der Waals surface area contributed by atoms with Crippen LogP contribution < -0.4 is 5.32 Å². The molecule has 4 rings (SSSR count). The molecule has 0 saturated heterocycles. The first-order valence-electron chi connectivity index (χ1n) is 10.2. The summed E-state index contributed by atoms with van der Waals surface area (Å²) in [4.78, 5) is 18.1. The molecule has 0 saturated carbocycles. The molecule has 0 spiro atoms. The molecule has 3 nitrogen and oxygen atoms in total. The van der Waals surface area contributed by atoms with Gasteiger partial charge in [-0.2, -0.15) is 0 Å². The monoisotopic (exact) mass is 424 g/mol. The average molecular weight is 425 g/mol. The van der Waals surface area contributed by atoms with Gasteiger partial charge in [-0.1, -0.05) is 66.7 Å². The summed E-state index contributed by atoms with van der Waals surface area (Å²) >= 11 is 1.49. The van der Waals surface area contributed by atoms with Crippen LogP contribution in [0.2, 0.25) is 0 Å². The summed E-state index contributed by atoms with van der Waals surface area (Å²) < 4.78 is 0. The number of benzene rings is 3. The summed E-state index contributed by atoms with van der Waals surface area (Å²) in [5.41, 5.74) is 7.79. The predicted octanol–water partition coefficient (Wildman–Crippen LogP) is 7.05. The van der Waals surface area contributed by atoms with Crippen molar-refractivity contribution in [3.63, 3.8) is 0 Å². The van der Waals surface area contributed by atoms with Gasteiger partial charge in [-0.15, -0.1) is 11.3 Å². The predicted molar refractivity (Wildman–Crippen MR) is 131 cm³/mol. The molecule has 0 radical (unpaired) electrons. The Kier molecular flexibility index (Phi) is 6.10. The lowest BCUT2D eigenvalue weighted by Gasteiger charge is -2.03. The molecule has 1 heterocycles. The number of hydrogen-bond donors (Lipinski definition) is 1. The quantitative estimate of drug-likeness (QED) is 0.349. The molecular weight excluding hydrogens is 400 g/mol. The SMILES string of the molecule is Cc1ccc(-c2nc(NC(=O)/C=C/c3ccc(-c4ccccc4)cc3)sc2C)cc1C. The van der Waals surface area contributed by atoms with E-state index in [1.807, 2.05) is 43.3 Å². The minimum absolute atomic E-state index is 0.187. The Bertz CT molecular complexity index is 1240. The largest absolute Gasteiger partial charge is 0.298 e. The first-order chi connectivity index (χ1) is 15.0. The van der Waals surface area contributed by atoms with Gasteiger partial charge in [0.05, 0.1) is 5.69 Å². The van der Waals surface area contributed by atoms with Crippen LogP contribution in [-0.4, -0.2) is 10.9 Å². The number of anilines is 1. The molecular formula is C27H24N2OS. The van der Waals surface area contributed by atoms with E-state index >= 15 is 0 Å². The summed E-state index contributed by atoms with van der Waals surface area (Å²) in [6.07, 6.45) is 3.36. The lowest BCUT2D eigenvalue weighted by atomic mass is 10.0. The smallest absolute Gasteiger partial charge is 0.250 e. The van der Waals surface area contributed by atoms with Gasteiger partial charge in [-0.3, -0.25) is 10.1 Å². The highest BCUT2D eigenvalue weighted by atomic mass is 32.1. The second-order valence-electron chi connectivity index (χ2n) is 7.53. The molecule has 0 atom stereocenters. The fourth-order valence-electron chi connectivity index (χ4n) is 3.34. The van der Waals surface area contributed by atoms with E-state index in [1.54, 1.807) is 6.08 Å². The van der Waals surface area contributed by atoms with Crippen molar-refractivity contribution in [2.24, 2.45) is 0 Å². The molecule has 3 aromatic carbocycles. The Balaban J connectivity index is 1.43. The number of carbonyl (C=O) groups is 1. The minimum atomic E-state index is -0.187. The lowest BCUT2D eigenvalue weighted by Crippen LogP contribution is -2.07. The van der Waals surface area contributed by atoms with E-state index in [0.29, 0.717) is 5.13 Å². The maximum Gasteiger partial charge on any atom is 0.250 e. The second kappa shape index (κ2) is 9.11. The van der Waals surface area contributed by atoms with Crippen molar-refractivity contribution < 1.29 is 4.79 Å². The molecule has 0 bridgehead atoms. The van der Waals surface area contributed by atoms with Crippen molar-refractivity contribution >= 4 is 28.5 Å². The number of carbonyl (C=O) groups excluding carboxylic acids is 1. The fraction of sp³-hybridized carbons (Fsp3) is 0.111. The molecule has 0 aliphatic rings. The third-order valence-corrected chi connectivity index (χ3v) is 6.14. The molecule has 1 aromatic heterocycles. The number of amides is 1. The third kappa shape index (κ3) is 4.98. The van der Waals surface area contributed by atoms with Crippen LogP contribution in [0.3, 0.4) is 0 Å². The van der Waals surface area contributed by atoms with Crippen molar-refractivity contribution in [1.29, 1.82) is 0 Å². The van der Waals surface area contributed by atoms with Gasteiger partial charge >= 0.3 is 0 Å². The molecule has 1 amide bonds. The molecule has 1 N–H and O–H groups in total. The Hall–Kier alpha value is -3.50. The van der Waals surface area contributed by atoms with Gasteiger partial charge in [0.25, 0.3) is 0 Å². The molecule has 0 aliphatic carbocycles. The van der Waals surface area contributed by atoms with Gasteiger partial charge in [-0.25, -0.2) is 4.98 Å². The number of hydrogen-bond acceptors (Lipinski definition) is 3. The minimum Gasteiger partial charge on any atom is -0.298 e. The Labute approximate surface area is 187 Å². The number of nitrogens with one attached hydrogen (secondary N) is 1. The van der Waals surface area contributed by atoms with Gasteiger partial charge in [0.15, 0.2) is 5.13 Å². The highest BCUT2D eigenvalue weighted by Crippen LogP contribution is 2.31. The summed E-state index contributed by atoms with van der Waals surface area (Å²) in [6, 6.07) is 24.7. The standard InChI is InChI=1S/C27H24N2OS/c1-18-9-13-24(17-19(18)2)26-20(3)31-27(29-26)28-25(30)16-12-21-10-14-23(15-11-21)22-7-5-4-6-8-22/h4-17H,1-3H3,(H,28,29,30)/b16-12+. The van der Waals surface area contributed by atoms with E-state index < -0.39 is 0 Å². The van der Waals surface area contributed by atoms with Gasteiger partial charge in [0.1, 0.15) is 0 Å². The molecule has 0 unspecified atom stereocenters. The highest BCUT2D eigenvalue weighted by Gasteiger charge is 2.12.